The highest BCUT2D eigenvalue weighted by Gasteiger charge is 2.28. The van der Waals surface area contributed by atoms with Crippen LogP contribution in [0.5, 0.6) is 0 Å². The van der Waals surface area contributed by atoms with E-state index >= 15 is 0 Å². The number of hydrogen-bond donors (Lipinski definition) is 0. The Morgan fingerprint density at radius 2 is 1.00 bits per heavy atom. The average Bonchev–Trinajstić information content (AvgIpc) is 2.61. The predicted molar refractivity (Wildman–Crippen MR) is 134 cm³/mol. The minimum Gasteiger partial charge on any atom is -0.398 e. The van der Waals surface area contributed by atoms with Crippen molar-refractivity contribution in [2.75, 3.05) is 22.2 Å². The third-order valence-electron chi connectivity index (χ3n) is 5.29. The van der Waals surface area contributed by atoms with E-state index in [-0.39, 0.29) is 0 Å². The number of para-hydroxylation sites is 2. The Balaban J connectivity index is 2.61. The Bertz CT molecular complexity index is 748. The molecule has 0 N–H and O–H groups in total. The number of anilines is 2. The first kappa shape index (κ1) is 22.5. The molecule has 0 aliphatic rings. The smallest absolute Gasteiger partial charge is 0.147 e. The summed E-state index contributed by atoms with van der Waals surface area (Å²) in [7, 11) is -2.98. The van der Waals surface area contributed by atoms with Gasteiger partial charge in [0, 0.05) is 35.6 Å². The lowest BCUT2D eigenvalue weighted by molar-refractivity contribution is 1.05. The zero-order valence-corrected chi connectivity index (χ0v) is 21.1. The molecule has 0 saturated carbocycles. The van der Waals surface area contributed by atoms with Gasteiger partial charge in [-0.15, -0.1) is 0 Å². The molecule has 0 aliphatic heterocycles. The highest BCUT2D eigenvalue weighted by Crippen LogP contribution is 2.37. The van der Waals surface area contributed by atoms with Gasteiger partial charge in [0.2, 0.25) is 0 Å². The lowest BCUT2D eigenvalue weighted by atomic mass is 9.96. The van der Waals surface area contributed by atoms with Gasteiger partial charge in [-0.25, -0.2) is 0 Å². The summed E-state index contributed by atoms with van der Waals surface area (Å²) in [6.45, 7) is 25.6. The maximum absolute atomic E-state index is 4.59. The van der Waals surface area contributed by atoms with Crippen molar-refractivity contribution in [3.05, 3.63) is 66.2 Å². The van der Waals surface area contributed by atoms with E-state index in [2.05, 4.69) is 117 Å². The highest BCUT2D eigenvalue weighted by atomic mass is 28.3. The van der Waals surface area contributed by atoms with E-state index in [1.807, 2.05) is 0 Å². The molecule has 0 aliphatic carbocycles. The quantitative estimate of drug-likeness (QED) is 0.429. The van der Waals surface area contributed by atoms with Crippen molar-refractivity contribution in [1.82, 2.24) is 0 Å². The second kappa shape index (κ2) is 8.70. The second-order valence-corrected chi connectivity index (χ2v) is 19.1. The van der Waals surface area contributed by atoms with Gasteiger partial charge in [-0.05, 0) is 31.6 Å². The second-order valence-electron chi connectivity index (χ2n) is 9.34. The van der Waals surface area contributed by atoms with Crippen molar-refractivity contribution >= 4 is 33.4 Å². The lowest BCUT2D eigenvalue weighted by Crippen LogP contribution is -2.47. The fourth-order valence-corrected chi connectivity index (χ4v) is 7.82. The number of hydrogen-bond acceptors (Lipinski definition) is 2. The molecule has 0 unspecified atom stereocenters. The van der Waals surface area contributed by atoms with Crippen LogP contribution in [0, 0.1) is 0 Å². The van der Waals surface area contributed by atoms with Crippen molar-refractivity contribution in [1.29, 1.82) is 0 Å². The van der Waals surface area contributed by atoms with Gasteiger partial charge in [0.15, 0.2) is 0 Å². The molecule has 4 heteroatoms. The van der Waals surface area contributed by atoms with Crippen LogP contribution in [0.1, 0.15) is 25.0 Å². The normalized spacial score (nSPS) is 12.0. The monoisotopic (exact) mass is 410 g/mol. The van der Waals surface area contributed by atoms with Crippen molar-refractivity contribution in [3.8, 4) is 0 Å². The first-order valence-electron chi connectivity index (χ1n) is 10.4. The molecule has 2 aromatic carbocycles. The van der Waals surface area contributed by atoms with Crippen LogP contribution in [-0.2, 0) is 0 Å². The third-order valence-corrected chi connectivity index (χ3v) is 9.65. The number of benzene rings is 2. The highest BCUT2D eigenvalue weighted by molar-refractivity contribution is 6.80. The van der Waals surface area contributed by atoms with E-state index in [4.69, 9.17) is 0 Å². The summed E-state index contributed by atoms with van der Waals surface area (Å²) in [5, 5.41) is 0. The maximum atomic E-state index is 4.59. The summed E-state index contributed by atoms with van der Waals surface area (Å²) >= 11 is 0. The third kappa shape index (κ3) is 4.79. The van der Waals surface area contributed by atoms with Gasteiger partial charge < -0.3 is 9.13 Å². The van der Waals surface area contributed by atoms with Gasteiger partial charge in [0.05, 0.1) is 0 Å². The topological polar surface area (TPSA) is 6.48 Å². The van der Waals surface area contributed by atoms with E-state index in [1.54, 1.807) is 0 Å². The predicted octanol–water partition coefficient (Wildman–Crippen LogP) is 7.07. The Kier molecular flexibility index (Phi) is 6.99. The number of rotatable bonds is 8. The van der Waals surface area contributed by atoms with Crippen LogP contribution in [0.2, 0.25) is 39.3 Å². The van der Waals surface area contributed by atoms with Gasteiger partial charge in [0.25, 0.3) is 0 Å². The molecule has 152 valence electrons. The SMILES string of the molecule is C=C(c1ccccc1N(CC)[Si](C)(C)C)c1ccccc1N(CC)[Si](C)(C)C. The molecule has 0 aromatic heterocycles. The molecule has 0 atom stereocenters. The summed E-state index contributed by atoms with van der Waals surface area (Å²) in [4.78, 5) is 0. The Morgan fingerprint density at radius 1 is 0.679 bits per heavy atom. The molecule has 2 rings (SSSR count). The Hall–Kier alpha value is -1.79. The average molecular weight is 411 g/mol. The zero-order chi connectivity index (χ0) is 21.1. The molecule has 0 bridgehead atoms. The molecule has 2 aromatic rings. The number of nitrogens with zero attached hydrogens (tertiary/aromatic N) is 2. The molecular formula is C24H38N2Si2. The molecule has 0 spiro atoms. The van der Waals surface area contributed by atoms with Crippen LogP contribution >= 0.6 is 0 Å². The van der Waals surface area contributed by atoms with Crippen molar-refractivity contribution in [2.45, 2.75) is 53.1 Å². The summed E-state index contributed by atoms with van der Waals surface area (Å²) in [6, 6.07) is 17.6. The molecular weight excluding hydrogens is 372 g/mol. The van der Waals surface area contributed by atoms with Crippen LogP contribution in [0.4, 0.5) is 11.4 Å². The van der Waals surface area contributed by atoms with Crippen LogP contribution in [-0.4, -0.2) is 29.6 Å². The summed E-state index contributed by atoms with van der Waals surface area (Å²) in [5.41, 5.74) is 6.27. The van der Waals surface area contributed by atoms with Gasteiger partial charge in [-0.2, -0.15) is 0 Å². The Labute approximate surface area is 175 Å². The van der Waals surface area contributed by atoms with Crippen LogP contribution in [0.3, 0.4) is 0 Å². The minimum absolute atomic E-state index is 1.03. The standard InChI is InChI=1S/C24H38N2Si2/c1-10-25(27(4,5)6)23-18-14-12-16-21(23)20(3)22-17-13-15-19-24(22)26(11-2)28(7,8)9/h12-19H,3,10-11H2,1-2,4-9H3. The van der Waals surface area contributed by atoms with Crippen LogP contribution < -0.4 is 9.13 Å². The van der Waals surface area contributed by atoms with Gasteiger partial charge in [0.1, 0.15) is 16.5 Å². The summed E-state index contributed by atoms with van der Waals surface area (Å²) in [5.74, 6) is 0. The lowest BCUT2D eigenvalue weighted by Gasteiger charge is -2.38. The van der Waals surface area contributed by atoms with Gasteiger partial charge in [-0.1, -0.05) is 82.3 Å². The summed E-state index contributed by atoms with van der Waals surface area (Å²) < 4.78 is 5.21. The van der Waals surface area contributed by atoms with Crippen molar-refractivity contribution in [3.63, 3.8) is 0 Å². The van der Waals surface area contributed by atoms with E-state index in [0.29, 0.717) is 0 Å². The molecule has 0 heterocycles. The fourth-order valence-electron chi connectivity index (χ4n) is 4.09. The van der Waals surface area contributed by atoms with E-state index < -0.39 is 16.5 Å². The summed E-state index contributed by atoms with van der Waals surface area (Å²) in [6.07, 6.45) is 0. The maximum Gasteiger partial charge on any atom is 0.147 e. The molecule has 0 fully saturated rings. The Morgan fingerprint density at radius 3 is 1.29 bits per heavy atom. The van der Waals surface area contributed by atoms with Gasteiger partial charge >= 0.3 is 0 Å². The van der Waals surface area contributed by atoms with Crippen LogP contribution in [0.25, 0.3) is 5.57 Å². The zero-order valence-electron chi connectivity index (χ0n) is 19.1. The van der Waals surface area contributed by atoms with E-state index in [1.165, 1.54) is 22.5 Å². The van der Waals surface area contributed by atoms with E-state index in [0.717, 1.165) is 18.7 Å². The van der Waals surface area contributed by atoms with E-state index in [9.17, 15) is 0 Å². The first-order valence-corrected chi connectivity index (χ1v) is 17.3. The molecule has 0 saturated heterocycles. The molecule has 0 amide bonds. The van der Waals surface area contributed by atoms with Gasteiger partial charge in [-0.3, -0.25) is 0 Å². The molecule has 0 radical (unpaired) electrons. The fraction of sp³-hybridized carbons (Fsp3) is 0.417. The largest absolute Gasteiger partial charge is 0.398 e. The molecule has 2 nitrogen and oxygen atoms in total. The van der Waals surface area contributed by atoms with Crippen molar-refractivity contribution in [2.24, 2.45) is 0 Å². The van der Waals surface area contributed by atoms with Crippen molar-refractivity contribution < 1.29 is 0 Å². The minimum atomic E-state index is -1.49. The molecule has 28 heavy (non-hydrogen) atoms. The first-order chi connectivity index (χ1) is 13.0. The van der Waals surface area contributed by atoms with Crippen LogP contribution in [0.15, 0.2) is 55.1 Å².